The first-order chi connectivity index (χ1) is 4.30. The third-order valence-corrected chi connectivity index (χ3v) is 0.831. The van der Waals surface area contributed by atoms with Crippen LogP contribution in [-0.4, -0.2) is 4.92 Å². The van der Waals surface area contributed by atoms with Crippen LogP contribution >= 0.6 is 0 Å². The van der Waals surface area contributed by atoms with Crippen LogP contribution in [0.2, 0.25) is 0 Å². The first-order valence-electron chi connectivity index (χ1n) is 2.33. The van der Waals surface area contributed by atoms with Crippen molar-refractivity contribution in [1.29, 1.82) is 0 Å². The number of nitrogens with one attached hydrogen (secondary N) is 2. The van der Waals surface area contributed by atoms with Gasteiger partial charge in [-0.2, -0.15) is 5.43 Å². The van der Waals surface area contributed by atoms with Crippen molar-refractivity contribution in [2.45, 2.75) is 0 Å². The molecule has 0 aromatic carbocycles. The molecule has 0 saturated heterocycles. The van der Waals surface area contributed by atoms with E-state index in [1.54, 1.807) is 12.3 Å². The lowest BCUT2D eigenvalue weighted by Gasteiger charge is -2.03. The molecule has 0 amide bonds. The van der Waals surface area contributed by atoms with Crippen LogP contribution in [0.4, 0.5) is 0 Å². The van der Waals surface area contributed by atoms with Crippen molar-refractivity contribution in [1.82, 2.24) is 10.9 Å². The summed E-state index contributed by atoms with van der Waals surface area (Å²) in [5, 5.41) is 9.96. The Morgan fingerprint density at radius 1 is 1.67 bits per heavy atom. The summed E-state index contributed by atoms with van der Waals surface area (Å²) in [5.41, 5.74) is 4.82. The van der Waals surface area contributed by atoms with Crippen LogP contribution in [0.1, 0.15) is 0 Å². The molecule has 0 aromatic heterocycles. The number of allylic oxidation sites excluding steroid dienone is 2. The first-order valence-corrected chi connectivity index (χ1v) is 2.33. The highest BCUT2D eigenvalue weighted by Crippen LogP contribution is 1.91. The fraction of sp³-hybridized carbons (Fsp3) is 0. The van der Waals surface area contributed by atoms with Gasteiger partial charge in [-0.15, -0.1) is 0 Å². The standard InChI is InChI=1S/C4H5N3O2/c8-7(9)4-2-1-3-5-6-4/h1-3,5-6H. The molecular weight excluding hydrogens is 122 g/mol. The van der Waals surface area contributed by atoms with E-state index in [4.69, 9.17) is 0 Å². The zero-order valence-corrected chi connectivity index (χ0v) is 4.50. The first kappa shape index (κ1) is 5.61. The molecule has 0 atom stereocenters. The molecule has 48 valence electrons. The summed E-state index contributed by atoms with van der Waals surface area (Å²) in [5.74, 6) is -0.0440. The molecule has 5 heteroatoms. The van der Waals surface area contributed by atoms with E-state index in [-0.39, 0.29) is 5.82 Å². The SMILES string of the molecule is O=[N+]([O-])C1=CC=CNN1. The van der Waals surface area contributed by atoms with Gasteiger partial charge in [0, 0.05) is 12.3 Å². The molecule has 5 nitrogen and oxygen atoms in total. The van der Waals surface area contributed by atoms with Crippen LogP contribution < -0.4 is 10.9 Å². The zero-order chi connectivity index (χ0) is 6.69. The van der Waals surface area contributed by atoms with Crippen molar-refractivity contribution in [3.63, 3.8) is 0 Å². The van der Waals surface area contributed by atoms with Gasteiger partial charge in [-0.3, -0.25) is 0 Å². The Morgan fingerprint density at radius 3 is 2.78 bits per heavy atom. The Morgan fingerprint density at radius 2 is 2.44 bits per heavy atom. The highest BCUT2D eigenvalue weighted by molar-refractivity contribution is 5.08. The van der Waals surface area contributed by atoms with E-state index in [9.17, 15) is 10.1 Å². The van der Waals surface area contributed by atoms with E-state index >= 15 is 0 Å². The molecule has 0 saturated carbocycles. The van der Waals surface area contributed by atoms with E-state index in [0.29, 0.717) is 0 Å². The van der Waals surface area contributed by atoms with Gasteiger partial charge in [-0.05, 0) is 11.0 Å². The van der Waals surface area contributed by atoms with Gasteiger partial charge in [-0.1, -0.05) is 0 Å². The minimum Gasteiger partial charge on any atom is -0.358 e. The lowest BCUT2D eigenvalue weighted by Crippen LogP contribution is -2.31. The monoisotopic (exact) mass is 127 g/mol. The van der Waals surface area contributed by atoms with Crippen LogP contribution in [0.3, 0.4) is 0 Å². The average molecular weight is 127 g/mol. The Labute approximate surface area is 51.2 Å². The predicted molar refractivity (Wildman–Crippen MR) is 30.5 cm³/mol. The quantitative estimate of drug-likeness (QED) is 0.375. The smallest absolute Gasteiger partial charge is 0.339 e. The van der Waals surface area contributed by atoms with Crippen molar-refractivity contribution in [3.8, 4) is 0 Å². The van der Waals surface area contributed by atoms with Crippen LogP contribution in [0.15, 0.2) is 24.2 Å². The lowest BCUT2D eigenvalue weighted by atomic mass is 10.5. The highest BCUT2D eigenvalue weighted by Gasteiger charge is 2.06. The molecule has 0 spiro atoms. The number of hydrogen-bond donors (Lipinski definition) is 2. The summed E-state index contributed by atoms with van der Waals surface area (Å²) in [6.07, 6.45) is 4.48. The number of rotatable bonds is 1. The zero-order valence-electron chi connectivity index (χ0n) is 4.50. The molecule has 0 unspecified atom stereocenters. The number of nitro groups is 1. The second-order valence-electron chi connectivity index (χ2n) is 1.44. The molecule has 2 N–H and O–H groups in total. The Balaban J connectivity index is 2.68. The minimum atomic E-state index is -0.503. The van der Waals surface area contributed by atoms with Crippen molar-refractivity contribution in [2.75, 3.05) is 0 Å². The maximum absolute atomic E-state index is 9.96. The molecule has 1 aliphatic rings. The van der Waals surface area contributed by atoms with Crippen molar-refractivity contribution in [3.05, 3.63) is 34.3 Å². The van der Waals surface area contributed by atoms with Gasteiger partial charge in [0.1, 0.15) is 0 Å². The van der Waals surface area contributed by atoms with Crippen molar-refractivity contribution < 1.29 is 4.92 Å². The average Bonchev–Trinajstić information content (AvgIpc) is 1.90. The second kappa shape index (κ2) is 2.17. The van der Waals surface area contributed by atoms with E-state index in [1.165, 1.54) is 6.08 Å². The minimum absolute atomic E-state index is 0.0440. The summed E-state index contributed by atoms with van der Waals surface area (Å²) in [7, 11) is 0. The molecular formula is C4H5N3O2. The summed E-state index contributed by atoms with van der Waals surface area (Å²) >= 11 is 0. The molecule has 0 aliphatic carbocycles. The van der Waals surface area contributed by atoms with E-state index < -0.39 is 4.92 Å². The number of nitrogens with zero attached hydrogens (tertiary/aromatic N) is 1. The van der Waals surface area contributed by atoms with E-state index in [0.717, 1.165) is 0 Å². The highest BCUT2D eigenvalue weighted by atomic mass is 16.6. The number of hydrazine groups is 1. The fourth-order valence-corrected chi connectivity index (χ4v) is 0.451. The molecule has 0 bridgehead atoms. The second-order valence-corrected chi connectivity index (χ2v) is 1.44. The Bertz CT molecular complexity index is 184. The summed E-state index contributed by atoms with van der Waals surface area (Å²) in [6.45, 7) is 0. The van der Waals surface area contributed by atoms with Gasteiger partial charge in [0.2, 0.25) is 0 Å². The topological polar surface area (TPSA) is 67.2 Å². The van der Waals surface area contributed by atoms with Crippen molar-refractivity contribution >= 4 is 0 Å². The van der Waals surface area contributed by atoms with E-state index in [1.807, 2.05) is 0 Å². The van der Waals surface area contributed by atoms with Gasteiger partial charge >= 0.3 is 5.82 Å². The Hall–Kier alpha value is -1.52. The van der Waals surface area contributed by atoms with Crippen molar-refractivity contribution in [2.24, 2.45) is 0 Å². The summed E-state index contributed by atoms with van der Waals surface area (Å²) in [6, 6.07) is 0. The third-order valence-electron chi connectivity index (χ3n) is 0.831. The molecule has 0 fully saturated rings. The molecule has 1 heterocycles. The van der Waals surface area contributed by atoms with Gasteiger partial charge < -0.3 is 10.1 Å². The largest absolute Gasteiger partial charge is 0.358 e. The molecule has 1 aliphatic heterocycles. The molecule has 9 heavy (non-hydrogen) atoms. The Kier molecular flexibility index (Phi) is 1.35. The number of hydrogen-bond acceptors (Lipinski definition) is 4. The molecule has 0 radical (unpaired) electrons. The van der Waals surface area contributed by atoms with E-state index in [2.05, 4.69) is 10.9 Å². The molecule has 0 aromatic rings. The normalized spacial score (nSPS) is 15.3. The van der Waals surface area contributed by atoms with Crippen LogP contribution in [0, 0.1) is 10.1 Å². The maximum atomic E-state index is 9.96. The lowest BCUT2D eigenvalue weighted by molar-refractivity contribution is -0.433. The van der Waals surface area contributed by atoms with Gasteiger partial charge in [0.15, 0.2) is 0 Å². The third kappa shape index (κ3) is 1.18. The van der Waals surface area contributed by atoms with Crippen LogP contribution in [0.5, 0.6) is 0 Å². The molecule has 1 rings (SSSR count). The van der Waals surface area contributed by atoms with Gasteiger partial charge in [0.25, 0.3) is 0 Å². The summed E-state index contributed by atoms with van der Waals surface area (Å²) < 4.78 is 0. The van der Waals surface area contributed by atoms with Gasteiger partial charge in [0.05, 0.1) is 0 Å². The van der Waals surface area contributed by atoms with Crippen LogP contribution in [0.25, 0.3) is 0 Å². The van der Waals surface area contributed by atoms with Crippen LogP contribution in [-0.2, 0) is 0 Å². The maximum Gasteiger partial charge on any atom is 0.339 e. The predicted octanol–water partition coefficient (Wildman–Crippen LogP) is -0.274. The van der Waals surface area contributed by atoms with Gasteiger partial charge in [-0.25, -0.2) is 5.43 Å². The summed E-state index contributed by atoms with van der Waals surface area (Å²) in [4.78, 5) is 9.45. The fourth-order valence-electron chi connectivity index (χ4n) is 0.451.